The first kappa shape index (κ1) is 14.9. The normalized spacial score (nSPS) is 15.8. The van der Waals surface area contributed by atoms with Crippen LogP contribution < -0.4 is 10.2 Å². The Labute approximate surface area is 132 Å². The summed E-state index contributed by atoms with van der Waals surface area (Å²) >= 11 is 0. The molecule has 0 spiro atoms. The smallest absolute Gasteiger partial charge is 0.0602 e. The average molecular weight is 296 g/mol. The summed E-state index contributed by atoms with van der Waals surface area (Å²) in [7, 11) is 0. The molecule has 0 unspecified atom stereocenters. The van der Waals surface area contributed by atoms with Gasteiger partial charge >= 0.3 is 0 Å². The molecular formula is C19H24N2O. The van der Waals surface area contributed by atoms with E-state index in [1.165, 1.54) is 16.9 Å². The van der Waals surface area contributed by atoms with Gasteiger partial charge in [-0.05, 0) is 36.5 Å². The van der Waals surface area contributed by atoms with Gasteiger partial charge in [0.15, 0.2) is 0 Å². The van der Waals surface area contributed by atoms with Crippen molar-refractivity contribution in [2.75, 3.05) is 29.9 Å². The first-order valence-electron chi connectivity index (χ1n) is 8.09. The largest absolute Gasteiger partial charge is 0.396 e. The Bertz CT molecular complexity index is 577. The van der Waals surface area contributed by atoms with Crippen molar-refractivity contribution in [3.63, 3.8) is 0 Å². The molecule has 0 amide bonds. The monoisotopic (exact) mass is 296 g/mol. The van der Waals surface area contributed by atoms with Crippen molar-refractivity contribution in [3.8, 4) is 0 Å². The molecule has 1 saturated heterocycles. The van der Waals surface area contributed by atoms with Crippen molar-refractivity contribution in [1.29, 1.82) is 0 Å². The number of nitrogens with one attached hydrogen (secondary N) is 1. The van der Waals surface area contributed by atoms with E-state index >= 15 is 0 Å². The molecule has 0 bridgehead atoms. The molecular weight excluding hydrogens is 272 g/mol. The third kappa shape index (κ3) is 3.60. The van der Waals surface area contributed by atoms with Crippen LogP contribution in [0.1, 0.15) is 18.4 Å². The minimum atomic E-state index is 0.321. The quantitative estimate of drug-likeness (QED) is 0.886. The highest BCUT2D eigenvalue weighted by molar-refractivity contribution is 5.70. The minimum Gasteiger partial charge on any atom is -0.396 e. The van der Waals surface area contributed by atoms with Crippen LogP contribution in [0.4, 0.5) is 11.4 Å². The van der Waals surface area contributed by atoms with Gasteiger partial charge in [-0.25, -0.2) is 0 Å². The molecule has 1 aliphatic heterocycles. The number of aliphatic hydroxyl groups excluding tert-OH is 1. The fourth-order valence-corrected chi connectivity index (χ4v) is 3.05. The SMILES string of the molecule is OCC1CCN(c2ccccc2NCc2ccccc2)CC1. The number of rotatable bonds is 5. The molecule has 0 saturated carbocycles. The maximum Gasteiger partial charge on any atom is 0.0602 e. The molecule has 0 aliphatic carbocycles. The fraction of sp³-hybridized carbons (Fsp3) is 0.368. The molecule has 1 heterocycles. The van der Waals surface area contributed by atoms with Gasteiger partial charge in [-0.2, -0.15) is 0 Å². The van der Waals surface area contributed by atoms with Crippen LogP contribution in [-0.4, -0.2) is 24.8 Å². The lowest BCUT2D eigenvalue weighted by Gasteiger charge is -2.34. The van der Waals surface area contributed by atoms with E-state index in [2.05, 4.69) is 58.7 Å². The number of anilines is 2. The van der Waals surface area contributed by atoms with Crippen LogP contribution in [0.5, 0.6) is 0 Å². The molecule has 1 aliphatic rings. The Balaban J connectivity index is 1.68. The van der Waals surface area contributed by atoms with Gasteiger partial charge in [0.1, 0.15) is 0 Å². The zero-order chi connectivity index (χ0) is 15.2. The summed E-state index contributed by atoms with van der Waals surface area (Å²) in [5.74, 6) is 0.473. The first-order valence-corrected chi connectivity index (χ1v) is 8.09. The molecule has 2 N–H and O–H groups in total. The van der Waals surface area contributed by atoms with E-state index in [0.29, 0.717) is 12.5 Å². The van der Waals surface area contributed by atoms with E-state index in [9.17, 15) is 5.11 Å². The molecule has 0 atom stereocenters. The molecule has 3 heteroatoms. The number of hydrogen-bond acceptors (Lipinski definition) is 3. The fourth-order valence-electron chi connectivity index (χ4n) is 3.05. The van der Waals surface area contributed by atoms with E-state index in [-0.39, 0.29) is 0 Å². The molecule has 0 aromatic heterocycles. The van der Waals surface area contributed by atoms with Gasteiger partial charge < -0.3 is 15.3 Å². The van der Waals surface area contributed by atoms with Gasteiger partial charge in [0.25, 0.3) is 0 Å². The Morgan fingerprint density at radius 2 is 1.64 bits per heavy atom. The summed E-state index contributed by atoms with van der Waals surface area (Å²) in [5.41, 5.74) is 3.75. The van der Waals surface area contributed by atoms with Gasteiger partial charge in [-0.1, -0.05) is 42.5 Å². The molecule has 0 radical (unpaired) electrons. The van der Waals surface area contributed by atoms with Crippen molar-refractivity contribution in [2.45, 2.75) is 19.4 Å². The number of para-hydroxylation sites is 2. The third-order valence-electron chi connectivity index (χ3n) is 4.44. The van der Waals surface area contributed by atoms with Crippen LogP contribution in [0.3, 0.4) is 0 Å². The lowest BCUT2D eigenvalue weighted by atomic mass is 9.97. The van der Waals surface area contributed by atoms with Crippen LogP contribution >= 0.6 is 0 Å². The van der Waals surface area contributed by atoms with Crippen molar-refractivity contribution < 1.29 is 5.11 Å². The zero-order valence-electron chi connectivity index (χ0n) is 12.9. The summed E-state index contributed by atoms with van der Waals surface area (Å²) in [5, 5.41) is 12.8. The van der Waals surface area contributed by atoms with Crippen molar-refractivity contribution in [3.05, 3.63) is 60.2 Å². The number of hydrogen-bond donors (Lipinski definition) is 2. The van der Waals surface area contributed by atoms with Crippen LogP contribution in [0.25, 0.3) is 0 Å². The molecule has 1 fully saturated rings. The van der Waals surface area contributed by atoms with Crippen molar-refractivity contribution in [1.82, 2.24) is 0 Å². The Morgan fingerprint density at radius 1 is 0.955 bits per heavy atom. The minimum absolute atomic E-state index is 0.321. The van der Waals surface area contributed by atoms with Crippen LogP contribution in [0.2, 0.25) is 0 Å². The molecule has 22 heavy (non-hydrogen) atoms. The second-order valence-corrected chi connectivity index (χ2v) is 5.97. The first-order chi connectivity index (χ1) is 10.9. The van der Waals surface area contributed by atoms with Crippen LogP contribution in [-0.2, 0) is 6.54 Å². The molecule has 2 aromatic carbocycles. The van der Waals surface area contributed by atoms with Crippen LogP contribution in [0.15, 0.2) is 54.6 Å². The van der Waals surface area contributed by atoms with E-state index in [1.807, 2.05) is 6.07 Å². The highest BCUT2D eigenvalue weighted by atomic mass is 16.3. The van der Waals surface area contributed by atoms with Gasteiger partial charge in [0.05, 0.1) is 11.4 Å². The van der Waals surface area contributed by atoms with Gasteiger partial charge in [-0.3, -0.25) is 0 Å². The third-order valence-corrected chi connectivity index (χ3v) is 4.44. The highest BCUT2D eigenvalue weighted by Gasteiger charge is 2.20. The Morgan fingerprint density at radius 3 is 2.36 bits per heavy atom. The second-order valence-electron chi connectivity index (χ2n) is 5.97. The number of piperidine rings is 1. The van der Waals surface area contributed by atoms with Crippen molar-refractivity contribution >= 4 is 11.4 Å². The Kier molecular flexibility index (Phi) is 4.96. The van der Waals surface area contributed by atoms with Gasteiger partial charge in [0.2, 0.25) is 0 Å². The summed E-state index contributed by atoms with van der Waals surface area (Å²) in [6.07, 6.45) is 2.15. The Hall–Kier alpha value is -2.00. The number of aliphatic hydroxyl groups is 1. The standard InChI is InChI=1S/C19H24N2O/c22-15-17-10-12-21(13-11-17)19-9-5-4-8-18(19)20-14-16-6-2-1-3-7-16/h1-9,17,20,22H,10-15H2. The van der Waals surface area contributed by atoms with Gasteiger partial charge in [0, 0.05) is 26.2 Å². The molecule has 2 aromatic rings. The summed E-state index contributed by atoms with van der Waals surface area (Å²) in [4.78, 5) is 2.43. The molecule has 3 rings (SSSR count). The maximum absolute atomic E-state index is 9.28. The predicted octanol–water partition coefficient (Wildman–Crippen LogP) is 3.51. The molecule has 116 valence electrons. The van der Waals surface area contributed by atoms with E-state index in [4.69, 9.17) is 0 Å². The number of nitrogens with zero attached hydrogens (tertiary/aromatic N) is 1. The zero-order valence-corrected chi connectivity index (χ0v) is 12.9. The lowest BCUT2D eigenvalue weighted by molar-refractivity contribution is 0.203. The van der Waals surface area contributed by atoms with Gasteiger partial charge in [-0.15, -0.1) is 0 Å². The predicted molar refractivity (Wildman–Crippen MR) is 92.2 cm³/mol. The molecule has 3 nitrogen and oxygen atoms in total. The maximum atomic E-state index is 9.28. The van der Waals surface area contributed by atoms with E-state index < -0.39 is 0 Å². The average Bonchev–Trinajstić information content (AvgIpc) is 2.61. The summed E-state index contributed by atoms with van der Waals surface area (Å²) < 4.78 is 0. The lowest BCUT2D eigenvalue weighted by Crippen LogP contribution is -2.35. The van der Waals surface area contributed by atoms with Crippen LogP contribution in [0, 0.1) is 5.92 Å². The summed E-state index contributed by atoms with van der Waals surface area (Å²) in [6.45, 7) is 3.21. The van der Waals surface area contributed by atoms with Crippen molar-refractivity contribution in [2.24, 2.45) is 5.92 Å². The second kappa shape index (κ2) is 7.32. The summed E-state index contributed by atoms with van der Waals surface area (Å²) in [6, 6.07) is 19.0. The van der Waals surface area contributed by atoms with E-state index in [0.717, 1.165) is 32.5 Å². The number of benzene rings is 2. The topological polar surface area (TPSA) is 35.5 Å². The highest BCUT2D eigenvalue weighted by Crippen LogP contribution is 2.30. The van der Waals surface area contributed by atoms with E-state index in [1.54, 1.807) is 0 Å².